The Bertz CT molecular complexity index is 368. The number of anilines is 2. The molecule has 4 N–H and O–H groups in total. The van der Waals surface area contributed by atoms with Gasteiger partial charge < -0.3 is 15.6 Å². The second-order valence-electron chi connectivity index (χ2n) is 4.83. The number of piperidine rings is 1. The number of hydrogen-bond acceptors (Lipinski definition) is 5. The van der Waals surface area contributed by atoms with Crippen LogP contribution in [0.25, 0.3) is 0 Å². The molecule has 0 amide bonds. The zero-order valence-electron chi connectivity index (χ0n) is 10.5. The maximum Gasteiger partial charge on any atom is 0.142 e. The molecule has 2 atom stereocenters. The fourth-order valence-corrected chi connectivity index (χ4v) is 2.35. The van der Waals surface area contributed by atoms with E-state index in [1.165, 1.54) is 0 Å². The Kier molecular flexibility index (Phi) is 3.81. The van der Waals surface area contributed by atoms with Gasteiger partial charge in [-0.25, -0.2) is 10.8 Å². The summed E-state index contributed by atoms with van der Waals surface area (Å²) in [5, 5.41) is 3.49. The van der Waals surface area contributed by atoms with Crippen molar-refractivity contribution in [3.8, 4) is 0 Å². The van der Waals surface area contributed by atoms with Crippen LogP contribution in [0.4, 0.5) is 11.6 Å². The average molecular weight is 235 g/mol. The van der Waals surface area contributed by atoms with Crippen molar-refractivity contribution in [2.75, 3.05) is 30.9 Å². The lowest BCUT2D eigenvalue weighted by Gasteiger charge is -2.35. The lowest BCUT2D eigenvalue weighted by Crippen LogP contribution is -2.43. The second kappa shape index (κ2) is 5.33. The highest BCUT2D eigenvalue weighted by molar-refractivity contribution is 5.45. The van der Waals surface area contributed by atoms with Gasteiger partial charge in [0.25, 0.3) is 0 Å². The number of aromatic nitrogens is 1. The van der Waals surface area contributed by atoms with E-state index in [0.717, 1.165) is 25.3 Å². The summed E-state index contributed by atoms with van der Waals surface area (Å²) in [7, 11) is 2.17. The molecule has 0 bridgehead atoms. The molecule has 0 spiro atoms. The topological polar surface area (TPSA) is 66.2 Å². The molecule has 0 aromatic carbocycles. The maximum atomic E-state index is 5.35. The summed E-state index contributed by atoms with van der Waals surface area (Å²) in [6, 6.07) is 6.27. The van der Waals surface area contributed by atoms with Crippen LogP contribution in [-0.4, -0.2) is 36.1 Å². The van der Waals surface area contributed by atoms with E-state index in [1.807, 2.05) is 18.2 Å². The van der Waals surface area contributed by atoms with Gasteiger partial charge in [-0.15, -0.1) is 0 Å². The lowest BCUT2D eigenvalue weighted by molar-refractivity contribution is 0.206. The molecule has 1 aliphatic rings. The predicted octanol–water partition coefficient (Wildman–Crippen LogP) is 1.12. The van der Waals surface area contributed by atoms with Crippen molar-refractivity contribution in [3.05, 3.63) is 18.2 Å². The van der Waals surface area contributed by atoms with Crippen LogP contribution in [0, 0.1) is 5.92 Å². The van der Waals surface area contributed by atoms with Crippen LogP contribution in [0.1, 0.15) is 13.3 Å². The third-order valence-electron chi connectivity index (χ3n) is 3.34. The summed E-state index contributed by atoms with van der Waals surface area (Å²) in [4.78, 5) is 6.75. The minimum Gasteiger partial charge on any atom is -0.367 e. The molecular weight excluding hydrogens is 214 g/mol. The number of hydrogen-bond donors (Lipinski definition) is 3. The highest BCUT2D eigenvalue weighted by Crippen LogP contribution is 2.20. The molecule has 0 radical (unpaired) electrons. The summed E-state index contributed by atoms with van der Waals surface area (Å²) in [5.41, 5.74) is 2.56. The zero-order chi connectivity index (χ0) is 12.3. The summed E-state index contributed by atoms with van der Waals surface area (Å²) < 4.78 is 0. The van der Waals surface area contributed by atoms with Gasteiger partial charge in [0.2, 0.25) is 0 Å². The number of rotatable bonds is 3. The molecular formula is C12H21N5. The van der Waals surface area contributed by atoms with Crippen LogP contribution in [-0.2, 0) is 0 Å². The van der Waals surface area contributed by atoms with Crippen molar-refractivity contribution < 1.29 is 0 Å². The largest absolute Gasteiger partial charge is 0.367 e. The third-order valence-corrected chi connectivity index (χ3v) is 3.34. The normalized spacial score (nSPS) is 25.6. The van der Waals surface area contributed by atoms with Gasteiger partial charge in [0.05, 0.1) is 0 Å². The molecule has 2 heterocycles. The van der Waals surface area contributed by atoms with Crippen molar-refractivity contribution in [3.63, 3.8) is 0 Å². The SMILES string of the molecule is CC1CN(C)CCC1Nc1cccc(NN)n1. The Hall–Kier alpha value is -1.33. The fourth-order valence-electron chi connectivity index (χ4n) is 2.35. The Labute approximate surface area is 102 Å². The van der Waals surface area contributed by atoms with E-state index >= 15 is 0 Å². The Morgan fingerprint density at radius 2 is 2.18 bits per heavy atom. The predicted molar refractivity (Wildman–Crippen MR) is 70.7 cm³/mol. The van der Waals surface area contributed by atoms with Gasteiger partial charge in [0, 0.05) is 12.6 Å². The standard InChI is InChI=1S/C12H21N5/c1-9-8-17(2)7-6-10(9)14-11-4-3-5-12(15-11)16-13/h3-5,9-10H,6-8,13H2,1-2H3,(H2,14,15,16). The molecule has 2 rings (SSSR count). The molecule has 0 saturated carbocycles. The molecule has 0 aliphatic carbocycles. The van der Waals surface area contributed by atoms with E-state index in [0.29, 0.717) is 17.8 Å². The summed E-state index contributed by atoms with van der Waals surface area (Å²) >= 11 is 0. The molecule has 5 nitrogen and oxygen atoms in total. The van der Waals surface area contributed by atoms with Gasteiger partial charge in [-0.2, -0.15) is 0 Å². The number of hydrazine groups is 1. The van der Waals surface area contributed by atoms with Crippen molar-refractivity contribution in [1.82, 2.24) is 9.88 Å². The van der Waals surface area contributed by atoms with E-state index < -0.39 is 0 Å². The van der Waals surface area contributed by atoms with Crippen LogP contribution in [0.3, 0.4) is 0 Å². The van der Waals surface area contributed by atoms with Crippen LogP contribution in [0.15, 0.2) is 18.2 Å². The lowest BCUT2D eigenvalue weighted by atomic mass is 9.94. The van der Waals surface area contributed by atoms with Crippen LogP contribution in [0.5, 0.6) is 0 Å². The second-order valence-corrected chi connectivity index (χ2v) is 4.83. The van der Waals surface area contributed by atoms with E-state index in [1.54, 1.807) is 0 Å². The molecule has 1 aliphatic heterocycles. The maximum absolute atomic E-state index is 5.35. The van der Waals surface area contributed by atoms with E-state index in [4.69, 9.17) is 5.84 Å². The highest BCUT2D eigenvalue weighted by atomic mass is 15.3. The number of nitrogen functional groups attached to an aromatic ring is 1. The van der Waals surface area contributed by atoms with Crippen LogP contribution in [0.2, 0.25) is 0 Å². The van der Waals surface area contributed by atoms with Gasteiger partial charge in [-0.05, 0) is 38.1 Å². The van der Waals surface area contributed by atoms with Gasteiger partial charge >= 0.3 is 0 Å². The van der Waals surface area contributed by atoms with Crippen molar-refractivity contribution in [2.45, 2.75) is 19.4 Å². The molecule has 1 aromatic rings. The quantitative estimate of drug-likeness (QED) is 0.541. The first-order chi connectivity index (χ1) is 8.19. The molecule has 1 fully saturated rings. The first-order valence-electron chi connectivity index (χ1n) is 6.08. The zero-order valence-corrected chi connectivity index (χ0v) is 10.5. The Balaban J connectivity index is 2.00. The summed E-state index contributed by atoms with van der Waals surface area (Å²) in [6.07, 6.45) is 1.15. The highest BCUT2D eigenvalue weighted by Gasteiger charge is 2.24. The Morgan fingerprint density at radius 3 is 2.88 bits per heavy atom. The van der Waals surface area contributed by atoms with E-state index in [-0.39, 0.29) is 0 Å². The van der Waals surface area contributed by atoms with Gasteiger partial charge in [0.15, 0.2) is 0 Å². The minimum absolute atomic E-state index is 0.492. The molecule has 1 aromatic heterocycles. The molecule has 94 valence electrons. The van der Waals surface area contributed by atoms with Crippen LogP contribution < -0.4 is 16.6 Å². The van der Waals surface area contributed by atoms with Crippen molar-refractivity contribution in [2.24, 2.45) is 11.8 Å². The Morgan fingerprint density at radius 1 is 1.41 bits per heavy atom. The van der Waals surface area contributed by atoms with E-state index in [2.05, 4.69) is 34.6 Å². The van der Waals surface area contributed by atoms with Gasteiger partial charge in [-0.3, -0.25) is 0 Å². The molecule has 2 unspecified atom stereocenters. The van der Waals surface area contributed by atoms with Crippen LogP contribution >= 0.6 is 0 Å². The third kappa shape index (κ3) is 3.08. The molecule has 1 saturated heterocycles. The number of pyridine rings is 1. The van der Waals surface area contributed by atoms with Crippen molar-refractivity contribution >= 4 is 11.6 Å². The smallest absolute Gasteiger partial charge is 0.142 e. The average Bonchev–Trinajstić information content (AvgIpc) is 2.33. The van der Waals surface area contributed by atoms with Gasteiger partial charge in [-0.1, -0.05) is 13.0 Å². The summed E-state index contributed by atoms with van der Waals surface area (Å²) in [5.74, 6) is 7.56. The first-order valence-corrected chi connectivity index (χ1v) is 6.08. The monoisotopic (exact) mass is 235 g/mol. The fraction of sp³-hybridized carbons (Fsp3) is 0.583. The van der Waals surface area contributed by atoms with E-state index in [9.17, 15) is 0 Å². The number of nitrogens with two attached hydrogens (primary N) is 1. The van der Waals surface area contributed by atoms with Gasteiger partial charge in [0.1, 0.15) is 11.6 Å². The molecule has 5 heteroatoms. The molecule has 17 heavy (non-hydrogen) atoms. The first kappa shape index (κ1) is 12.1. The van der Waals surface area contributed by atoms with Crippen molar-refractivity contribution in [1.29, 1.82) is 0 Å². The number of nitrogens with zero attached hydrogens (tertiary/aromatic N) is 2. The number of nitrogens with one attached hydrogen (secondary N) is 2. The number of likely N-dealkylation sites (tertiary alicyclic amines) is 1. The minimum atomic E-state index is 0.492. The summed E-state index contributed by atoms with van der Waals surface area (Å²) in [6.45, 7) is 4.54.